The van der Waals surface area contributed by atoms with Crippen LogP contribution in [-0.4, -0.2) is 39.5 Å². The molecule has 1 aliphatic heterocycles. The summed E-state index contributed by atoms with van der Waals surface area (Å²) in [7, 11) is -1.98. The maximum atomic E-state index is 13.2. The number of methoxy groups -OCH3 is 1. The number of ether oxygens (including phenoxy) is 1. The number of hydrogen-bond donors (Lipinski definition) is 1. The summed E-state index contributed by atoms with van der Waals surface area (Å²) in [5.41, 5.74) is 1.83. The second-order valence-corrected chi connectivity index (χ2v) is 8.29. The van der Waals surface area contributed by atoms with Gasteiger partial charge in [-0.15, -0.1) is 0 Å². The van der Waals surface area contributed by atoms with E-state index in [9.17, 15) is 8.42 Å². The van der Waals surface area contributed by atoms with Crippen LogP contribution in [0.4, 0.5) is 0 Å². The van der Waals surface area contributed by atoms with Crippen LogP contribution < -0.4 is 5.32 Å². The largest absolute Gasteiger partial charge is 0.380 e. The molecule has 0 radical (unpaired) electrons. The molecule has 3 rings (SSSR count). The zero-order valence-corrected chi connectivity index (χ0v) is 15.6. The molecular weight excluding hydrogens is 360 g/mol. The highest BCUT2D eigenvalue weighted by atomic mass is 35.5. The summed E-state index contributed by atoms with van der Waals surface area (Å²) < 4.78 is 32.9. The molecule has 1 heterocycles. The number of rotatable bonds is 5. The zero-order valence-electron chi connectivity index (χ0n) is 14.0. The highest BCUT2D eigenvalue weighted by Gasteiger charge is 2.34. The van der Waals surface area contributed by atoms with Crippen molar-refractivity contribution in [3.63, 3.8) is 0 Å². The number of piperazine rings is 1. The van der Waals surface area contributed by atoms with Crippen LogP contribution in [-0.2, 0) is 21.4 Å². The number of halogens is 1. The quantitative estimate of drug-likeness (QED) is 0.866. The molecule has 134 valence electrons. The highest BCUT2D eigenvalue weighted by molar-refractivity contribution is 7.89. The summed E-state index contributed by atoms with van der Waals surface area (Å²) >= 11 is 6.09. The monoisotopic (exact) mass is 380 g/mol. The fraction of sp³-hybridized carbons (Fsp3) is 0.333. The van der Waals surface area contributed by atoms with Crippen molar-refractivity contribution in [2.75, 3.05) is 26.7 Å². The lowest BCUT2D eigenvalue weighted by Gasteiger charge is -2.35. The first-order chi connectivity index (χ1) is 12.0. The van der Waals surface area contributed by atoms with Crippen LogP contribution in [0.2, 0.25) is 5.02 Å². The van der Waals surface area contributed by atoms with Crippen molar-refractivity contribution in [2.45, 2.75) is 17.5 Å². The number of hydrogen-bond acceptors (Lipinski definition) is 4. The first-order valence-corrected chi connectivity index (χ1v) is 9.90. The van der Waals surface area contributed by atoms with Crippen molar-refractivity contribution in [1.29, 1.82) is 0 Å². The summed E-state index contributed by atoms with van der Waals surface area (Å²) in [6.45, 7) is 2.05. The molecule has 0 amide bonds. The number of nitrogens with zero attached hydrogens (tertiary/aromatic N) is 1. The SMILES string of the molecule is COCc1ccc(S(=O)(=O)N2CCNCC2c2cccc(Cl)c2)cc1. The van der Waals surface area contributed by atoms with E-state index in [1.54, 1.807) is 41.7 Å². The average Bonchev–Trinajstić information content (AvgIpc) is 2.62. The van der Waals surface area contributed by atoms with E-state index in [-0.39, 0.29) is 6.04 Å². The molecule has 25 heavy (non-hydrogen) atoms. The topological polar surface area (TPSA) is 58.6 Å². The van der Waals surface area contributed by atoms with E-state index in [0.717, 1.165) is 11.1 Å². The minimum atomic E-state index is -3.59. The van der Waals surface area contributed by atoms with E-state index in [4.69, 9.17) is 16.3 Å². The number of benzene rings is 2. The molecule has 1 atom stereocenters. The Morgan fingerprint density at radius 2 is 2.00 bits per heavy atom. The molecule has 1 saturated heterocycles. The van der Waals surface area contributed by atoms with Gasteiger partial charge in [-0.2, -0.15) is 4.31 Å². The average molecular weight is 381 g/mol. The van der Waals surface area contributed by atoms with E-state index in [1.165, 1.54) is 0 Å². The molecule has 1 N–H and O–H groups in total. The van der Waals surface area contributed by atoms with Crippen molar-refractivity contribution in [3.8, 4) is 0 Å². The van der Waals surface area contributed by atoms with E-state index >= 15 is 0 Å². The lowest BCUT2D eigenvalue weighted by Crippen LogP contribution is -2.48. The second kappa shape index (κ2) is 7.85. The minimum Gasteiger partial charge on any atom is -0.380 e. The molecule has 1 aliphatic rings. The second-order valence-electron chi connectivity index (χ2n) is 5.97. The van der Waals surface area contributed by atoms with Gasteiger partial charge >= 0.3 is 0 Å². The van der Waals surface area contributed by atoms with Gasteiger partial charge in [0.05, 0.1) is 17.5 Å². The molecule has 2 aromatic rings. The summed E-state index contributed by atoms with van der Waals surface area (Å²) in [6, 6.07) is 13.9. The maximum Gasteiger partial charge on any atom is 0.243 e. The summed E-state index contributed by atoms with van der Waals surface area (Å²) in [6.07, 6.45) is 0. The molecule has 0 aromatic heterocycles. The highest BCUT2D eigenvalue weighted by Crippen LogP contribution is 2.30. The summed E-state index contributed by atoms with van der Waals surface area (Å²) in [5.74, 6) is 0. The normalized spacial score (nSPS) is 19.0. The van der Waals surface area contributed by atoms with Crippen molar-refractivity contribution in [3.05, 3.63) is 64.7 Å². The molecule has 1 fully saturated rings. The summed E-state index contributed by atoms with van der Waals surface area (Å²) in [5, 5.41) is 3.87. The Kier molecular flexibility index (Phi) is 5.76. The Morgan fingerprint density at radius 3 is 2.68 bits per heavy atom. The van der Waals surface area contributed by atoms with Crippen LogP contribution in [0.25, 0.3) is 0 Å². The van der Waals surface area contributed by atoms with Gasteiger partial charge in [0.1, 0.15) is 0 Å². The lowest BCUT2D eigenvalue weighted by molar-refractivity contribution is 0.185. The molecule has 5 nitrogen and oxygen atoms in total. The summed E-state index contributed by atoms with van der Waals surface area (Å²) in [4.78, 5) is 0.293. The standard InChI is InChI=1S/C18H21ClN2O3S/c1-24-13-14-5-7-17(8-6-14)25(22,23)21-10-9-20-12-18(21)15-3-2-4-16(19)11-15/h2-8,11,18,20H,9-10,12-13H2,1H3. The van der Waals surface area contributed by atoms with Gasteiger partial charge in [0.25, 0.3) is 0 Å². The molecular formula is C18H21ClN2O3S. The van der Waals surface area contributed by atoms with Gasteiger partial charge in [-0.1, -0.05) is 35.9 Å². The van der Waals surface area contributed by atoms with Crippen molar-refractivity contribution >= 4 is 21.6 Å². The van der Waals surface area contributed by atoms with Crippen LogP contribution in [0.1, 0.15) is 17.2 Å². The molecule has 2 aromatic carbocycles. The first-order valence-electron chi connectivity index (χ1n) is 8.08. The van der Waals surface area contributed by atoms with Gasteiger partial charge in [0.15, 0.2) is 0 Å². The van der Waals surface area contributed by atoms with Gasteiger partial charge in [-0.05, 0) is 35.4 Å². The third-order valence-corrected chi connectivity index (χ3v) is 6.43. The zero-order chi connectivity index (χ0) is 17.9. The molecule has 0 spiro atoms. The maximum absolute atomic E-state index is 13.2. The van der Waals surface area contributed by atoms with Crippen LogP contribution in [0, 0.1) is 0 Å². The third-order valence-electron chi connectivity index (χ3n) is 4.27. The third kappa shape index (κ3) is 4.04. The Morgan fingerprint density at radius 1 is 1.24 bits per heavy atom. The fourth-order valence-corrected chi connectivity index (χ4v) is 4.84. The molecule has 0 saturated carbocycles. The van der Waals surface area contributed by atoms with Crippen LogP contribution in [0.5, 0.6) is 0 Å². The molecule has 7 heteroatoms. The van der Waals surface area contributed by atoms with Gasteiger partial charge in [-0.3, -0.25) is 0 Å². The van der Waals surface area contributed by atoms with Gasteiger partial charge in [0.2, 0.25) is 10.0 Å². The Balaban J connectivity index is 1.93. The number of sulfonamides is 1. The van der Waals surface area contributed by atoms with E-state index in [1.807, 2.05) is 18.2 Å². The Hall–Kier alpha value is -1.44. The molecule has 1 unspecified atom stereocenters. The first kappa shape index (κ1) is 18.4. The van der Waals surface area contributed by atoms with Crippen molar-refractivity contribution < 1.29 is 13.2 Å². The Labute approximate surface area is 153 Å². The van der Waals surface area contributed by atoms with E-state index in [2.05, 4.69) is 5.32 Å². The van der Waals surface area contributed by atoms with Crippen LogP contribution >= 0.6 is 11.6 Å². The Bertz CT molecular complexity index is 824. The predicted molar refractivity (Wildman–Crippen MR) is 98.1 cm³/mol. The van der Waals surface area contributed by atoms with Crippen molar-refractivity contribution in [2.24, 2.45) is 0 Å². The van der Waals surface area contributed by atoms with Crippen LogP contribution in [0.15, 0.2) is 53.4 Å². The van der Waals surface area contributed by atoms with Gasteiger partial charge < -0.3 is 10.1 Å². The lowest BCUT2D eigenvalue weighted by atomic mass is 10.1. The fourth-order valence-electron chi connectivity index (χ4n) is 3.03. The molecule has 0 bridgehead atoms. The van der Waals surface area contributed by atoms with E-state index < -0.39 is 10.0 Å². The smallest absolute Gasteiger partial charge is 0.243 e. The predicted octanol–water partition coefficient (Wildman–Crippen LogP) is 2.82. The van der Waals surface area contributed by atoms with Gasteiger partial charge in [-0.25, -0.2) is 8.42 Å². The van der Waals surface area contributed by atoms with E-state index in [0.29, 0.717) is 36.2 Å². The van der Waals surface area contributed by atoms with Crippen LogP contribution in [0.3, 0.4) is 0 Å². The van der Waals surface area contributed by atoms with Crippen molar-refractivity contribution in [1.82, 2.24) is 9.62 Å². The minimum absolute atomic E-state index is 0.281. The molecule has 0 aliphatic carbocycles. The number of nitrogens with one attached hydrogen (secondary N) is 1. The van der Waals surface area contributed by atoms with Gasteiger partial charge in [0, 0.05) is 31.8 Å².